The third kappa shape index (κ3) is 4.67. The van der Waals surface area contributed by atoms with E-state index in [0.29, 0.717) is 17.9 Å². The molecule has 6 heteroatoms. The van der Waals surface area contributed by atoms with Gasteiger partial charge in [0, 0.05) is 15.9 Å². The van der Waals surface area contributed by atoms with Crippen molar-refractivity contribution in [3.8, 4) is 5.75 Å². The Bertz CT molecular complexity index is 727. The minimum atomic E-state index is -0.0808. The van der Waals surface area contributed by atoms with Crippen molar-refractivity contribution in [2.24, 2.45) is 5.92 Å². The Labute approximate surface area is 167 Å². The van der Waals surface area contributed by atoms with Crippen molar-refractivity contribution in [3.05, 3.63) is 50.6 Å². The molecule has 1 aliphatic heterocycles. The molecule has 4 nitrogen and oxygen atoms in total. The number of rotatable bonds is 6. The van der Waals surface area contributed by atoms with Crippen molar-refractivity contribution >= 4 is 33.2 Å². The van der Waals surface area contributed by atoms with Crippen LogP contribution in [0.3, 0.4) is 0 Å². The van der Waals surface area contributed by atoms with Gasteiger partial charge in [0.05, 0.1) is 18.7 Å². The van der Waals surface area contributed by atoms with Gasteiger partial charge in [-0.2, -0.15) is 0 Å². The molecule has 1 N–H and O–H groups in total. The molecule has 2 aromatic rings. The quantitative estimate of drug-likeness (QED) is 0.711. The summed E-state index contributed by atoms with van der Waals surface area (Å²) < 4.78 is 6.02. The average Bonchev–Trinajstić information content (AvgIpc) is 3.18. The van der Waals surface area contributed by atoms with E-state index in [-0.39, 0.29) is 11.9 Å². The van der Waals surface area contributed by atoms with E-state index < -0.39 is 0 Å². The van der Waals surface area contributed by atoms with Gasteiger partial charge >= 0.3 is 0 Å². The Morgan fingerprint density at radius 3 is 2.81 bits per heavy atom. The van der Waals surface area contributed by atoms with Gasteiger partial charge in [0.25, 0.3) is 5.91 Å². The maximum absolute atomic E-state index is 12.7. The second-order valence-corrected chi connectivity index (χ2v) is 8.64. The molecule has 140 valence electrons. The van der Waals surface area contributed by atoms with Gasteiger partial charge in [-0.05, 0) is 77.4 Å². The van der Waals surface area contributed by atoms with Crippen molar-refractivity contribution < 1.29 is 9.53 Å². The number of nitrogens with one attached hydrogen (secondary N) is 1. The molecule has 3 rings (SSSR count). The fourth-order valence-electron chi connectivity index (χ4n) is 3.32. The first-order chi connectivity index (χ1) is 12.6. The molecule has 1 atom stereocenters. The minimum Gasteiger partial charge on any atom is -0.497 e. The maximum Gasteiger partial charge on any atom is 0.252 e. The summed E-state index contributed by atoms with van der Waals surface area (Å²) >= 11 is 5.22. The van der Waals surface area contributed by atoms with Crippen LogP contribution in [0.5, 0.6) is 5.75 Å². The lowest BCUT2D eigenvalue weighted by Gasteiger charge is -2.36. The summed E-state index contributed by atoms with van der Waals surface area (Å²) in [6.07, 6.45) is 2.44. The number of ether oxygens (including phenoxy) is 1. The van der Waals surface area contributed by atoms with E-state index in [1.807, 2.05) is 12.1 Å². The molecular weight excluding hydrogens is 412 g/mol. The lowest BCUT2D eigenvalue weighted by Crippen LogP contribution is -2.41. The number of methoxy groups -OCH3 is 1. The number of carbonyl (C=O) groups excluding carboxylic acids is 1. The normalized spacial score (nSPS) is 17.0. The number of benzene rings is 1. The van der Waals surface area contributed by atoms with E-state index in [1.54, 1.807) is 24.5 Å². The average molecular weight is 437 g/mol. The highest BCUT2D eigenvalue weighted by Gasteiger charge is 2.26. The molecular formula is C20H25BrN2O2S. The molecule has 1 fully saturated rings. The first-order valence-electron chi connectivity index (χ1n) is 8.97. The number of hydrogen-bond acceptors (Lipinski definition) is 4. The first-order valence-corrected chi connectivity index (χ1v) is 10.6. The van der Waals surface area contributed by atoms with Gasteiger partial charge in [-0.1, -0.05) is 13.0 Å². The second-order valence-electron chi connectivity index (χ2n) is 6.81. The number of amides is 1. The van der Waals surface area contributed by atoms with Crippen LogP contribution < -0.4 is 10.1 Å². The lowest BCUT2D eigenvalue weighted by molar-refractivity contribution is 0.0914. The van der Waals surface area contributed by atoms with Crippen LogP contribution in [0.2, 0.25) is 0 Å². The van der Waals surface area contributed by atoms with Gasteiger partial charge < -0.3 is 10.1 Å². The molecule has 26 heavy (non-hydrogen) atoms. The second kappa shape index (κ2) is 9.02. The Kier molecular flexibility index (Phi) is 6.73. The number of thiophene rings is 1. The SMILES string of the molecule is COc1ccc(Br)c(C(=O)NCC(c2cccs2)N2CCC(C)CC2)c1. The molecule has 1 aromatic heterocycles. The number of nitrogens with zero attached hydrogens (tertiary/aromatic N) is 1. The summed E-state index contributed by atoms with van der Waals surface area (Å²) in [7, 11) is 1.61. The molecule has 1 saturated heterocycles. The Morgan fingerprint density at radius 1 is 1.38 bits per heavy atom. The largest absolute Gasteiger partial charge is 0.497 e. The Balaban J connectivity index is 1.71. The van der Waals surface area contributed by atoms with Crippen LogP contribution in [0.4, 0.5) is 0 Å². The van der Waals surface area contributed by atoms with E-state index in [9.17, 15) is 4.79 Å². The van der Waals surface area contributed by atoms with Gasteiger partial charge in [-0.25, -0.2) is 0 Å². The fraction of sp³-hybridized carbons (Fsp3) is 0.450. The van der Waals surface area contributed by atoms with Crippen LogP contribution in [0.15, 0.2) is 40.2 Å². The molecule has 0 saturated carbocycles. The summed E-state index contributed by atoms with van der Waals surface area (Å²) in [6.45, 7) is 5.10. The van der Waals surface area contributed by atoms with Gasteiger partial charge in [0.15, 0.2) is 0 Å². The van der Waals surface area contributed by atoms with Crippen molar-refractivity contribution in [3.63, 3.8) is 0 Å². The molecule has 1 aliphatic rings. The van der Waals surface area contributed by atoms with Crippen molar-refractivity contribution in [2.45, 2.75) is 25.8 Å². The molecule has 0 spiro atoms. The van der Waals surface area contributed by atoms with Gasteiger partial charge in [-0.15, -0.1) is 11.3 Å². The summed E-state index contributed by atoms with van der Waals surface area (Å²) in [5, 5.41) is 5.24. The zero-order chi connectivity index (χ0) is 18.5. The van der Waals surface area contributed by atoms with Gasteiger partial charge in [0.1, 0.15) is 5.75 Å². The first kappa shape index (κ1) is 19.4. The molecule has 0 aliphatic carbocycles. The zero-order valence-electron chi connectivity index (χ0n) is 15.2. The summed E-state index contributed by atoms with van der Waals surface area (Å²) in [5.74, 6) is 1.39. The van der Waals surface area contributed by atoms with Crippen LogP contribution in [-0.4, -0.2) is 37.6 Å². The monoisotopic (exact) mass is 436 g/mol. The number of likely N-dealkylation sites (tertiary alicyclic amines) is 1. The smallest absolute Gasteiger partial charge is 0.252 e. The highest BCUT2D eigenvalue weighted by atomic mass is 79.9. The molecule has 1 aromatic carbocycles. The standard InChI is InChI=1S/C20H25BrN2O2S/c1-14-7-9-23(10-8-14)18(19-4-3-11-26-19)13-22-20(24)16-12-15(25-2)5-6-17(16)21/h3-6,11-12,14,18H,7-10,13H2,1-2H3,(H,22,24). The highest BCUT2D eigenvalue weighted by Crippen LogP contribution is 2.29. The van der Waals surface area contributed by atoms with E-state index in [1.165, 1.54) is 17.7 Å². The van der Waals surface area contributed by atoms with E-state index >= 15 is 0 Å². The number of piperidine rings is 1. The number of hydrogen-bond donors (Lipinski definition) is 1. The topological polar surface area (TPSA) is 41.6 Å². The maximum atomic E-state index is 12.7. The van der Waals surface area contributed by atoms with Crippen LogP contribution in [0, 0.1) is 5.92 Å². The fourth-order valence-corrected chi connectivity index (χ4v) is 4.61. The number of halogens is 1. The van der Waals surface area contributed by atoms with Crippen molar-refractivity contribution in [2.75, 3.05) is 26.7 Å². The number of carbonyl (C=O) groups is 1. The molecule has 0 radical (unpaired) electrons. The lowest BCUT2D eigenvalue weighted by atomic mass is 9.97. The van der Waals surface area contributed by atoms with Crippen LogP contribution in [0.1, 0.15) is 41.0 Å². The van der Waals surface area contributed by atoms with Crippen LogP contribution in [-0.2, 0) is 0 Å². The zero-order valence-corrected chi connectivity index (χ0v) is 17.6. The molecule has 1 amide bonds. The van der Waals surface area contributed by atoms with Crippen LogP contribution >= 0.6 is 27.3 Å². The van der Waals surface area contributed by atoms with E-state index in [0.717, 1.165) is 23.5 Å². The third-order valence-electron chi connectivity index (χ3n) is 5.00. The Morgan fingerprint density at radius 2 is 2.15 bits per heavy atom. The van der Waals surface area contributed by atoms with E-state index in [2.05, 4.69) is 50.6 Å². The van der Waals surface area contributed by atoms with Gasteiger partial charge in [-0.3, -0.25) is 9.69 Å². The van der Waals surface area contributed by atoms with Crippen LogP contribution in [0.25, 0.3) is 0 Å². The van der Waals surface area contributed by atoms with E-state index in [4.69, 9.17) is 4.74 Å². The summed E-state index contributed by atoms with van der Waals surface area (Å²) in [5.41, 5.74) is 0.599. The minimum absolute atomic E-state index is 0.0808. The summed E-state index contributed by atoms with van der Waals surface area (Å²) in [4.78, 5) is 16.5. The molecule has 2 heterocycles. The molecule has 1 unspecified atom stereocenters. The van der Waals surface area contributed by atoms with Crippen molar-refractivity contribution in [1.29, 1.82) is 0 Å². The predicted octanol–water partition coefficient (Wildman–Crippen LogP) is 4.72. The molecule has 0 bridgehead atoms. The Hall–Kier alpha value is -1.37. The highest BCUT2D eigenvalue weighted by molar-refractivity contribution is 9.10. The predicted molar refractivity (Wildman–Crippen MR) is 110 cm³/mol. The summed E-state index contributed by atoms with van der Waals surface area (Å²) in [6, 6.07) is 9.93. The third-order valence-corrected chi connectivity index (χ3v) is 6.67. The van der Waals surface area contributed by atoms with Crippen molar-refractivity contribution in [1.82, 2.24) is 10.2 Å². The van der Waals surface area contributed by atoms with Gasteiger partial charge in [0.2, 0.25) is 0 Å².